The summed E-state index contributed by atoms with van der Waals surface area (Å²) in [6.45, 7) is 4.06. The average molecular weight is 388 g/mol. The van der Waals surface area contributed by atoms with Gasteiger partial charge in [0.05, 0.1) is 17.3 Å². The van der Waals surface area contributed by atoms with E-state index in [-0.39, 0.29) is 27.6 Å². The van der Waals surface area contributed by atoms with Crippen LogP contribution < -0.4 is 5.32 Å². The van der Waals surface area contributed by atoms with Crippen molar-refractivity contribution >= 4 is 46.2 Å². The van der Waals surface area contributed by atoms with Crippen molar-refractivity contribution < 1.29 is 4.79 Å². The second-order valence-corrected chi connectivity index (χ2v) is 7.86. The highest BCUT2D eigenvalue weighted by Crippen LogP contribution is 2.60. The van der Waals surface area contributed by atoms with Gasteiger partial charge in [-0.3, -0.25) is 4.79 Å². The molecule has 0 aliphatic heterocycles. The number of azo groups is 1. The van der Waals surface area contributed by atoms with Crippen LogP contribution in [0.3, 0.4) is 0 Å². The lowest BCUT2D eigenvalue weighted by Gasteiger charge is -2.06. The number of carbonyl (C=O) groups is 1. The van der Waals surface area contributed by atoms with Crippen LogP contribution in [0.25, 0.3) is 0 Å². The molecular formula is C20H19Cl2N3O. The molecule has 1 amide bonds. The summed E-state index contributed by atoms with van der Waals surface area (Å²) in [7, 11) is 0. The third-order valence-corrected chi connectivity index (χ3v) is 4.92. The number of anilines is 1. The number of rotatable bonds is 5. The van der Waals surface area contributed by atoms with Crippen LogP contribution in [0.15, 0.2) is 75.4 Å². The first-order chi connectivity index (χ1) is 12.4. The molecule has 4 nitrogen and oxygen atoms in total. The smallest absolute Gasteiger partial charge is 0.228 e. The zero-order valence-electron chi connectivity index (χ0n) is 14.5. The molecule has 1 N–H and O–H groups in total. The highest BCUT2D eigenvalue weighted by molar-refractivity contribution is 6.55. The van der Waals surface area contributed by atoms with Gasteiger partial charge in [-0.05, 0) is 53.8 Å². The molecule has 0 saturated heterocycles. The molecular weight excluding hydrogens is 369 g/mol. The number of halogens is 2. The summed E-state index contributed by atoms with van der Waals surface area (Å²) in [4.78, 5) is 12.5. The zero-order valence-corrected chi connectivity index (χ0v) is 16.0. The maximum absolute atomic E-state index is 12.5. The Bertz CT molecular complexity index is 841. The van der Waals surface area contributed by atoms with Crippen molar-refractivity contribution in [2.24, 2.45) is 27.5 Å². The molecule has 6 heteroatoms. The van der Waals surface area contributed by atoms with Crippen LogP contribution in [-0.4, -0.2) is 5.91 Å². The zero-order chi connectivity index (χ0) is 18.7. The van der Waals surface area contributed by atoms with Crippen LogP contribution in [0.4, 0.5) is 17.1 Å². The van der Waals surface area contributed by atoms with Crippen molar-refractivity contribution in [3.63, 3.8) is 0 Å². The van der Waals surface area contributed by atoms with Gasteiger partial charge in [-0.2, -0.15) is 10.2 Å². The van der Waals surface area contributed by atoms with E-state index in [1.165, 1.54) is 0 Å². The first-order valence-electron chi connectivity index (χ1n) is 8.28. The normalized spacial score (nSPS) is 20.6. The predicted octanol–water partition coefficient (Wildman–Crippen LogP) is 6.63. The summed E-state index contributed by atoms with van der Waals surface area (Å²) in [5, 5.41) is 11.3. The van der Waals surface area contributed by atoms with E-state index in [9.17, 15) is 4.79 Å². The quantitative estimate of drug-likeness (QED) is 0.574. The summed E-state index contributed by atoms with van der Waals surface area (Å²) in [6, 6.07) is 16.8. The van der Waals surface area contributed by atoms with Gasteiger partial charge in [0.1, 0.15) is 4.49 Å². The van der Waals surface area contributed by atoms with Crippen molar-refractivity contribution in [3.8, 4) is 0 Å². The minimum atomic E-state index is -0.150. The number of nitrogens with zero attached hydrogens (tertiary/aromatic N) is 2. The Morgan fingerprint density at radius 3 is 2.15 bits per heavy atom. The van der Waals surface area contributed by atoms with Gasteiger partial charge in [-0.1, -0.05) is 55.2 Å². The summed E-state index contributed by atoms with van der Waals surface area (Å²) in [5.74, 6) is -0.136. The van der Waals surface area contributed by atoms with Gasteiger partial charge in [0.2, 0.25) is 5.91 Å². The number of hydrogen-bond acceptors (Lipinski definition) is 3. The molecule has 2 atom stereocenters. The molecule has 0 aromatic heterocycles. The molecule has 0 radical (unpaired) electrons. The van der Waals surface area contributed by atoms with E-state index in [4.69, 9.17) is 23.2 Å². The Morgan fingerprint density at radius 2 is 1.58 bits per heavy atom. The molecule has 0 spiro atoms. The first-order valence-corrected chi connectivity index (χ1v) is 9.04. The predicted molar refractivity (Wildman–Crippen MR) is 106 cm³/mol. The van der Waals surface area contributed by atoms with Gasteiger partial charge in [0, 0.05) is 5.69 Å². The molecule has 134 valence electrons. The lowest BCUT2D eigenvalue weighted by molar-refractivity contribution is -0.118. The standard InChI is InChI=1S/C20H19Cl2N3O/c1-20(2)16(12-17(21)22)18(20)19(26)23-13-8-10-15(11-9-13)25-24-14-6-4-3-5-7-14/h3-12,16,18H,1-2H3,(H,23,26)/t16-,18-/m0/s1. The van der Waals surface area contributed by atoms with Gasteiger partial charge >= 0.3 is 0 Å². The molecule has 0 bridgehead atoms. The van der Waals surface area contributed by atoms with Crippen molar-refractivity contribution in [2.45, 2.75) is 13.8 Å². The maximum atomic E-state index is 12.5. The van der Waals surface area contributed by atoms with E-state index in [1.807, 2.05) is 68.4 Å². The lowest BCUT2D eigenvalue weighted by atomic mass is 10.1. The largest absolute Gasteiger partial charge is 0.326 e. The molecule has 2 aromatic rings. The molecule has 0 unspecified atom stereocenters. The fraction of sp³-hybridized carbons (Fsp3) is 0.250. The maximum Gasteiger partial charge on any atom is 0.228 e. The van der Waals surface area contributed by atoms with E-state index in [1.54, 1.807) is 6.08 Å². The van der Waals surface area contributed by atoms with E-state index in [2.05, 4.69) is 15.5 Å². The van der Waals surface area contributed by atoms with Crippen molar-refractivity contribution in [1.82, 2.24) is 0 Å². The molecule has 1 aliphatic rings. The molecule has 2 aromatic carbocycles. The van der Waals surface area contributed by atoms with E-state index >= 15 is 0 Å². The van der Waals surface area contributed by atoms with Gasteiger partial charge in [-0.15, -0.1) is 0 Å². The Kier molecular flexibility index (Phi) is 5.44. The highest BCUT2D eigenvalue weighted by atomic mass is 35.5. The monoisotopic (exact) mass is 387 g/mol. The van der Waals surface area contributed by atoms with Gasteiger partial charge < -0.3 is 5.32 Å². The highest BCUT2D eigenvalue weighted by Gasteiger charge is 2.60. The number of benzene rings is 2. The second kappa shape index (κ2) is 7.60. The molecule has 0 heterocycles. The van der Waals surface area contributed by atoms with Crippen molar-refractivity contribution in [3.05, 3.63) is 65.2 Å². The van der Waals surface area contributed by atoms with Gasteiger partial charge in [0.25, 0.3) is 0 Å². The van der Waals surface area contributed by atoms with Crippen LogP contribution in [-0.2, 0) is 4.79 Å². The molecule has 1 saturated carbocycles. The van der Waals surface area contributed by atoms with Gasteiger partial charge in [-0.25, -0.2) is 0 Å². The van der Waals surface area contributed by atoms with Crippen molar-refractivity contribution in [2.75, 3.05) is 5.32 Å². The number of nitrogens with one attached hydrogen (secondary N) is 1. The van der Waals surface area contributed by atoms with E-state index < -0.39 is 0 Å². The van der Waals surface area contributed by atoms with Crippen LogP contribution in [0, 0.1) is 17.3 Å². The number of allylic oxidation sites excluding steroid dienone is 1. The second-order valence-electron chi connectivity index (χ2n) is 6.85. The topological polar surface area (TPSA) is 53.8 Å². The Morgan fingerprint density at radius 1 is 1.00 bits per heavy atom. The molecule has 1 aliphatic carbocycles. The van der Waals surface area contributed by atoms with Crippen LogP contribution in [0.2, 0.25) is 0 Å². The molecule has 26 heavy (non-hydrogen) atoms. The summed E-state index contributed by atoms with van der Waals surface area (Å²) in [6.07, 6.45) is 1.74. The minimum absolute atomic E-state index is 0.0375. The Hall–Kier alpha value is -2.17. The fourth-order valence-corrected chi connectivity index (χ4v) is 3.34. The van der Waals surface area contributed by atoms with Crippen LogP contribution in [0.1, 0.15) is 13.8 Å². The summed E-state index contributed by atoms with van der Waals surface area (Å²) in [5.41, 5.74) is 2.07. The van der Waals surface area contributed by atoms with Gasteiger partial charge in [0.15, 0.2) is 0 Å². The van der Waals surface area contributed by atoms with Crippen LogP contribution in [0.5, 0.6) is 0 Å². The summed E-state index contributed by atoms with van der Waals surface area (Å²) < 4.78 is 0.200. The van der Waals surface area contributed by atoms with E-state index in [0.717, 1.165) is 11.4 Å². The lowest BCUT2D eigenvalue weighted by Crippen LogP contribution is -2.16. The van der Waals surface area contributed by atoms with Crippen LogP contribution >= 0.6 is 23.2 Å². The number of amides is 1. The average Bonchev–Trinajstić information content (AvgIpc) is 3.14. The molecule has 1 fully saturated rings. The van der Waals surface area contributed by atoms with Crippen molar-refractivity contribution in [1.29, 1.82) is 0 Å². The molecule has 3 rings (SSSR count). The SMILES string of the molecule is CC1(C)[C@H](C(=O)Nc2ccc(N=Nc3ccccc3)cc2)[C@@H]1C=C(Cl)Cl. The fourth-order valence-electron chi connectivity index (χ4n) is 3.07. The third kappa shape index (κ3) is 4.32. The number of hydrogen-bond donors (Lipinski definition) is 1. The summed E-state index contributed by atoms with van der Waals surface area (Å²) >= 11 is 11.5. The Labute approximate surface area is 162 Å². The minimum Gasteiger partial charge on any atom is -0.326 e. The third-order valence-electron chi connectivity index (χ3n) is 4.67. The van der Waals surface area contributed by atoms with E-state index in [0.29, 0.717) is 5.69 Å². The Balaban J connectivity index is 1.62. The number of carbonyl (C=O) groups excluding carboxylic acids is 1. The first kappa shape index (κ1) is 18.6.